The van der Waals surface area contributed by atoms with E-state index in [1.807, 2.05) is 0 Å². The Bertz CT molecular complexity index is 95.4. The second-order valence-electron chi connectivity index (χ2n) is 0.559. The maximum atomic E-state index is 9.47. The molecule has 0 saturated heterocycles. The number of rotatable bonds is 2. The predicted octanol–water partition coefficient (Wildman–Crippen LogP) is 0.293. The van der Waals surface area contributed by atoms with Gasteiger partial charge in [0.25, 0.3) is 0 Å². The standard InChI is InChI=1S/C2H2IO3/c4-2-1-3(5)6/h1H2. The molecule has 35 valence electrons. The summed E-state index contributed by atoms with van der Waals surface area (Å²) in [5, 5.41) is 0. The number of halogens is 1. The minimum Gasteiger partial charge on any atom is -0.290 e. The minimum absolute atomic E-state index is 0.385. The first-order valence-electron chi connectivity index (χ1n) is 1.13. The van der Waals surface area contributed by atoms with Crippen molar-refractivity contribution in [3.8, 4) is 0 Å². The molecule has 4 heteroatoms. The van der Waals surface area contributed by atoms with Gasteiger partial charge in [-0.2, -0.15) is 0 Å². The van der Waals surface area contributed by atoms with Crippen LogP contribution >= 0.6 is 19.8 Å². The Balaban J connectivity index is 3.32. The van der Waals surface area contributed by atoms with Gasteiger partial charge >= 0.3 is 19.8 Å². The summed E-state index contributed by atoms with van der Waals surface area (Å²) in [6.07, 6.45) is 1.26. The maximum Gasteiger partial charge on any atom is 0.315 e. The fraction of sp³-hybridized carbons (Fsp3) is 0.500. The quantitative estimate of drug-likeness (QED) is 0.476. The molecule has 0 N–H and O–H groups in total. The third-order valence-corrected chi connectivity index (χ3v) is 1.10. The van der Waals surface area contributed by atoms with Crippen LogP contribution < -0.4 is 0 Å². The molecule has 0 aromatic heterocycles. The lowest BCUT2D eigenvalue weighted by atomic mass is 11.0. The van der Waals surface area contributed by atoms with E-state index in [1.165, 1.54) is 6.29 Å². The van der Waals surface area contributed by atoms with E-state index in [4.69, 9.17) is 4.79 Å². The van der Waals surface area contributed by atoms with Gasteiger partial charge in [-0.1, -0.05) is 0 Å². The zero-order chi connectivity index (χ0) is 4.99. The summed E-state index contributed by atoms with van der Waals surface area (Å²) in [5.74, 6) is 0. The van der Waals surface area contributed by atoms with Gasteiger partial charge in [0.05, 0.1) is 0 Å². The molecule has 0 aliphatic carbocycles. The van der Waals surface area contributed by atoms with E-state index in [9.17, 15) is 6.14 Å². The summed E-state index contributed by atoms with van der Waals surface area (Å²) in [6.45, 7) is 0. The highest BCUT2D eigenvalue weighted by molar-refractivity contribution is 14.2. The molecule has 0 spiro atoms. The van der Waals surface area contributed by atoms with Gasteiger partial charge in [0, 0.05) is 0 Å². The summed E-state index contributed by atoms with van der Waals surface area (Å²) in [7, 11) is 0. The van der Waals surface area contributed by atoms with Crippen LogP contribution in [0.1, 0.15) is 0 Å². The zero-order valence-corrected chi connectivity index (χ0v) is 4.97. The van der Waals surface area contributed by atoms with Crippen LogP contribution in [0.25, 0.3) is 0 Å². The summed E-state index contributed by atoms with van der Waals surface area (Å²) in [5.41, 5.74) is 0. The fourth-order valence-corrected chi connectivity index (χ4v) is 0.299. The minimum atomic E-state index is -3.23. The third-order valence-electron chi connectivity index (χ3n) is 0.164. The molecule has 0 unspecified atom stereocenters. The largest absolute Gasteiger partial charge is 0.315 e. The Kier molecular flexibility index (Phi) is 3.20. The van der Waals surface area contributed by atoms with Crippen molar-refractivity contribution in [2.45, 2.75) is 0 Å². The van der Waals surface area contributed by atoms with Crippen LogP contribution in [0, 0.1) is 0 Å². The molecular formula is C2H2IO3. The highest BCUT2D eigenvalue weighted by atomic mass is 127. The van der Waals surface area contributed by atoms with E-state index in [1.54, 1.807) is 0 Å². The summed E-state index contributed by atoms with van der Waals surface area (Å²) < 4.78 is 18.5. The van der Waals surface area contributed by atoms with Crippen LogP contribution in [0.15, 0.2) is 0 Å². The lowest BCUT2D eigenvalue weighted by Crippen LogP contribution is -1.67. The second-order valence-corrected chi connectivity index (χ2v) is 2.93. The highest BCUT2D eigenvalue weighted by Gasteiger charge is 1.83. The van der Waals surface area contributed by atoms with Crippen LogP contribution in [-0.4, -0.2) is 10.7 Å². The Labute approximate surface area is 41.9 Å². The number of hydrogen-bond acceptors (Lipinski definition) is 3. The molecule has 0 heterocycles. The SMILES string of the molecule is O=[C]CI(=O)=O. The first-order valence-corrected chi connectivity index (χ1v) is 4.42. The van der Waals surface area contributed by atoms with Crippen molar-refractivity contribution in [2.75, 3.05) is 4.43 Å². The van der Waals surface area contributed by atoms with E-state index in [0.29, 0.717) is 0 Å². The van der Waals surface area contributed by atoms with Crippen LogP contribution in [0.4, 0.5) is 0 Å². The predicted molar refractivity (Wildman–Crippen MR) is 26.0 cm³/mol. The van der Waals surface area contributed by atoms with Crippen LogP contribution in [0.3, 0.4) is 0 Å². The van der Waals surface area contributed by atoms with Gasteiger partial charge in [-0.3, -0.25) is 4.79 Å². The molecule has 0 aromatic carbocycles. The average molecular weight is 201 g/mol. The average Bonchev–Trinajstić information content (AvgIpc) is 1.35. The second kappa shape index (κ2) is 3.20. The third kappa shape index (κ3) is 4.00. The molecule has 3 nitrogen and oxygen atoms in total. The maximum absolute atomic E-state index is 9.47. The molecule has 0 rings (SSSR count). The van der Waals surface area contributed by atoms with Gasteiger partial charge in [0.15, 0.2) is 0 Å². The summed E-state index contributed by atoms with van der Waals surface area (Å²) in [4.78, 5) is 9.13. The Morgan fingerprint density at radius 2 is 2.00 bits per heavy atom. The smallest absolute Gasteiger partial charge is 0.290 e. The summed E-state index contributed by atoms with van der Waals surface area (Å²) in [6, 6.07) is 0. The molecule has 0 amide bonds. The lowest BCUT2D eigenvalue weighted by molar-refractivity contribution is 0.560. The van der Waals surface area contributed by atoms with Crippen molar-refractivity contribution in [1.29, 1.82) is 0 Å². The normalized spacial score (nSPS) is 8.83. The molecule has 0 atom stereocenters. The van der Waals surface area contributed by atoms with Crippen molar-refractivity contribution in [2.24, 2.45) is 0 Å². The van der Waals surface area contributed by atoms with Crippen molar-refractivity contribution >= 4 is 26.1 Å². The molecule has 0 aliphatic heterocycles. The Morgan fingerprint density at radius 3 is 2.00 bits per heavy atom. The van der Waals surface area contributed by atoms with Crippen LogP contribution in [0.2, 0.25) is 0 Å². The molecule has 1 radical (unpaired) electrons. The van der Waals surface area contributed by atoms with E-state index >= 15 is 0 Å². The molecule has 0 aliphatic rings. The van der Waals surface area contributed by atoms with Gasteiger partial charge < -0.3 is 0 Å². The molecule has 0 saturated carbocycles. The first-order chi connectivity index (χ1) is 2.77. The molecular weight excluding hydrogens is 199 g/mol. The lowest BCUT2D eigenvalue weighted by Gasteiger charge is -1.54. The Hall–Kier alpha value is -0.0000000000000000555. The number of alkyl halides is 1. The van der Waals surface area contributed by atoms with Crippen molar-refractivity contribution in [1.82, 2.24) is 0 Å². The van der Waals surface area contributed by atoms with Gasteiger partial charge in [0.1, 0.15) is 4.43 Å². The molecule has 0 bridgehead atoms. The van der Waals surface area contributed by atoms with Gasteiger partial charge in [-0.25, -0.2) is 6.14 Å². The topological polar surface area (TPSA) is 51.2 Å². The van der Waals surface area contributed by atoms with E-state index < -0.39 is 19.8 Å². The van der Waals surface area contributed by atoms with Crippen molar-refractivity contribution in [3.05, 3.63) is 0 Å². The van der Waals surface area contributed by atoms with Crippen LogP contribution in [0.5, 0.6) is 0 Å². The zero-order valence-electron chi connectivity index (χ0n) is 2.81. The van der Waals surface area contributed by atoms with Gasteiger partial charge in [-0.05, 0) is 0 Å². The van der Waals surface area contributed by atoms with E-state index in [-0.39, 0.29) is 4.43 Å². The Morgan fingerprint density at radius 1 is 1.50 bits per heavy atom. The fourth-order valence-electron chi connectivity index (χ4n) is 0.0445. The van der Waals surface area contributed by atoms with Crippen LogP contribution in [-0.2, 0) is 10.9 Å². The van der Waals surface area contributed by atoms with Gasteiger partial charge in [0.2, 0.25) is 6.29 Å². The molecule has 0 fully saturated rings. The highest BCUT2D eigenvalue weighted by Crippen LogP contribution is 1.97. The monoisotopic (exact) mass is 201 g/mol. The number of hydrogen-bond donors (Lipinski definition) is 0. The van der Waals surface area contributed by atoms with Crippen molar-refractivity contribution in [3.63, 3.8) is 0 Å². The van der Waals surface area contributed by atoms with Gasteiger partial charge in [-0.15, -0.1) is 0 Å². The van der Waals surface area contributed by atoms with E-state index in [2.05, 4.69) is 0 Å². The van der Waals surface area contributed by atoms with E-state index in [0.717, 1.165) is 0 Å². The summed E-state index contributed by atoms with van der Waals surface area (Å²) >= 11 is -3.23. The van der Waals surface area contributed by atoms with Crippen molar-refractivity contribution < 1.29 is 10.9 Å². The first kappa shape index (κ1) is 6.00. The number of carbonyl (C=O) groups excluding carboxylic acids is 1. The molecule has 6 heavy (non-hydrogen) atoms. The molecule has 0 aromatic rings.